The molecule has 0 saturated heterocycles. The number of nitrogens with one attached hydrogen (secondary N) is 1. The molecule has 6 heteroatoms. The molecule has 0 radical (unpaired) electrons. The lowest BCUT2D eigenvalue weighted by Gasteiger charge is -2.25. The SMILES string of the molecule is C=CCN(CCO)C(=O)Nc1ccc(N(C)C(C)C)c(F)c1. The number of halogens is 1. The van der Waals surface area contributed by atoms with Gasteiger partial charge in [0.2, 0.25) is 0 Å². The van der Waals surface area contributed by atoms with Gasteiger partial charge in [-0.1, -0.05) is 6.08 Å². The van der Waals surface area contributed by atoms with Gasteiger partial charge in [0.15, 0.2) is 0 Å². The van der Waals surface area contributed by atoms with Crippen LogP contribution >= 0.6 is 0 Å². The smallest absolute Gasteiger partial charge is 0.322 e. The van der Waals surface area contributed by atoms with Gasteiger partial charge in [-0.05, 0) is 32.0 Å². The number of aliphatic hydroxyl groups excluding tert-OH is 1. The number of hydrogen-bond donors (Lipinski definition) is 2. The Labute approximate surface area is 131 Å². The summed E-state index contributed by atoms with van der Waals surface area (Å²) in [6, 6.07) is 4.34. The van der Waals surface area contributed by atoms with Gasteiger partial charge in [-0.2, -0.15) is 0 Å². The minimum Gasteiger partial charge on any atom is -0.395 e. The second kappa shape index (κ2) is 8.38. The maximum absolute atomic E-state index is 14.1. The highest BCUT2D eigenvalue weighted by Gasteiger charge is 2.14. The Balaban J connectivity index is 2.84. The lowest BCUT2D eigenvalue weighted by molar-refractivity contribution is 0.195. The number of aliphatic hydroxyl groups is 1. The van der Waals surface area contributed by atoms with Gasteiger partial charge < -0.3 is 20.2 Å². The van der Waals surface area contributed by atoms with Crippen molar-refractivity contribution in [1.29, 1.82) is 0 Å². The maximum atomic E-state index is 14.1. The monoisotopic (exact) mass is 309 g/mol. The van der Waals surface area contributed by atoms with Crippen molar-refractivity contribution in [2.75, 3.05) is 37.0 Å². The summed E-state index contributed by atoms with van der Waals surface area (Å²) in [4.78, 5) is 15.3. The van der Waals surface area contributed by atoms with E-state index in [0.29, 0.717) is 17.9 Å². The van der Waals surface area contributed by atoms with Crippen LogP contribution in [0.4, 0.5) is 20.6 Å². The molecule has 122 valence electrons. The lowest BCUT2D eigenvalue weighted by Crippen LogP contribution is -2.37. The summed E-state index contributed by atoms with van der Waals surface area (Å²) in [5.41, 5.74) is 0.849. The van der Waals surface area contributed by atoms with Crippen molar-refractivity contribution >= 4 is 17.4 Å². The van der Waals surface area contributed by atoms with E-state index in [2.05, 4.69) is 11.9 Å². The number of carbonyl (C=O) groups excluding carboxylic acids is 1. The zero-order chi connectivity index (χ0) is 16.7. The molecule has 5 nitrogen and oxygen atoms in total. The van der Waals surface area contributed by atoms with Crippen molar-refractivity contribution < 1.29 is 14.3 Å². The van der Waals surface area contributed by atoms with Crippen molar-refractivity contribution in [2.45, 2.75) is 19.9 Å². The largest absolute Gasteiger partial charge is 0.395 e. The van der Waals surface area contributed by atoms with E-state index >= 15 is 0 Å². The molecule has 1 rings (SSSR count). The maximum Gasteiger partial charge on any atom is 0.322 e. The van der Waals surface area contributed by atoms with Gasteiger partial charge in [0.05, 0.1) is 12.3 Å². The highest BCUT2D eigenvalue weighted by atomic mass is 19.1. The lowest BCUT2D eigenvalue weighted by atomic mass is 10.2. The van der Waals surface area contributed by atoms with E-state index < -0.39 is 11.8 Å². The van der Waals surface area contributed by atoms with Crippen molar-refractivity contribution in [3.8, 4) is 0 Å². The van der Waals surface area contributed by atoms with Gasteiger partial charge in [0.25, 0.3) is 0 Å². The number of hydrogen-bond acceptors (Lipinski definition) is 3. The fraction of sp³-hybridized carbons (Fsp3) is 0.438. The number of amides is 2. The average Bonchev–Trinajstić information content (AvgIpc) is 2.46. The predicted octanol–water partition coefficient (Wildman–Crippen LogP) is 2.68. The third-order valence-electron chi connectivity index (χ3n) is 3.36. The van der Waals surface area contributed by atoms with Crippen LogP contribution in [0, 0.1) is 5.82 Å². The zero-order valence-electron chi connectivity index (χ0n) is 13.3. The first-order valence-corrected chi connectivity index (χ1v) is 7.20. The predicted molar refractivity (Wildman–Crippen MR) is 87.8 cm³/mol. The summed E-state index contributed by atoms with van der Waals surface area (Å²) in [5, 5.41) is 11.6. The van der Waals surface area contributed by atoms with Crippen molar-refractivity contribution in [3.63, 3.8) is 0 Å². The first-order valence-electron chi connectivity index (χ1n) is 7.20. The van der Waals surface area contributed by atoms with E-state index in [1.165, 1.54) is 11.0 Å². The molecule has 1 aromatic rings. The van der Waals surface area contributed by atoms with E-state index in [-0.39, 0.29) is 19.2 Å². The molecule has 0 fully saturated rings. The molecule has 0 aromatic heterocycles. The van der Waals surface area contributed by atoms with Gasteiger partial charge >= 0.3 is 6.03 Å². The number of benzene rings is 1. The van der Waals surface area contributed by atoms with Crippen LogP contribution in [0.3, 0.4) is 0 Å². The minimum atomic E-state index is -0.404. The number of anilines is 2. The highest BCUT2D eigenvalue weighted by molar-refractivity contribution is 5.89. The normalized spacial score (nSPS) is 10.5. The second-order valence-corrected chi connectivity index (χ2v) is 5.26. The van der Waals surface area contributed by atoms with Gasteiger partial charge in [0.1, 0.15) is 5.82 Å². The molecule has 0 bridgehead atoms. The second-order valence-electron chi connectivity index (χ2n) is 5.26. The quantitative estimate of drug-likeness (QED) is 0.761. The molecule has 0 heterocycles. The highest BCUT2D eigenvalue weighted by Crippen LogP contribution is 2.23. The molecule has 0 aliphatic heterocycles. The average molecular weight is 309 g/mol. The molecule has 2 amide bonds. The Bertz CT molecular complexity index is 520. The first-order chi connectivity index (χ1) is 10.4. The Morgan fingerprint density at radius 3 is 2.68 bits per heavy atom. The molecule has 0 spiro atoms. The van der Waals surface area contributed by atoms with Crippen LogP contribution in [-0.4, -0.2) is 48.8 Å². The van der Waals surface area contributed by atoms with E-state index in [9.17, 15) is 9.18 Å². The molecule has 0 saturated carbocycles. The Hall–Kier alpha value is -2.08. The summed E-state index contributed by atoms with van der Waals surface area (Å²) in [6.07, 6.45) is 1.57. The van der Waals surface area contributed by atoms with E-state index in [1.807, 2.05) is 25.8 Å². The van der Waals surface area contributed by atoms with E-state index in [0.717, 1.165) is 0 Å². The fourth-order valence-electron chi connectivity index (χ4n) is 1.90. The summed E-state index contributed by atoms with van der Waals surface area (Å²) in [7, 11) is 1.81. The van der Waals surface area contributed by atoms with Crippen LogP contribution in [0.1, 0.15) is 13.8 Å². The third-order valence-corrected chi connectivity index (χ3v) is 3.36. The third kappa shape index (κ3) is 4.73. The first kappa shape index (κ1) is 18.0. The molecule has 0 atom stereocenters. The van der Waals surface area contributed by atoms with Crippen LogP contribution in [0.15, 0.2) is 30.9 Å². The number of carbonyl (C=O) groups is 1. The molecule has 1 aromatic carbocycles. The van der Waals surface area contributed by atoms with Crippen LogP contribution in [0.5, 0.6) is 0 Å². The van der Waals surface area contributed by atoms with Crippen LogP contribution in [0.2, 0.25) is 0 Å². The standard InChI is InChI=1S/C16H24FN3O2/c1-5-8-20(9-10-21)16(22)18-13-6-7-15(14(17)11-13)19(4)12(2)3/h5-7,11-12,21H,1,8-10H2,2-4H3,(H,18,22). The van der Waals surface area contributed by atoms with Crippen LogP contribution < -0.4 is 10.2 Å². The fourth-order valence-corrected chi connectivity index (χ4v) is 1.90. The molecular formula is C16H24FN3O2. The molecule has 2 N–H and O–H groups in total. The molecule has 22 heavy (non-hydrogen) atoms. The van der Waals surface area contributed by atoms with Crippen molar-refractivity contribution in [1.82, 2.24) is 4.90 Å². The Morgan fingerprint density at radius 1 is 1.50 bits per heavy atom. The summed E-state index contributed by atoms with van der Waals surface area (Å²) in [6.45, 7) is 7.86. The summed E-state index contributed by atoms with van der Waals surface area (Å²) < 4.78 is 14.1. The van der Waals surface area contributed by atoms with Gasteiger partial charge in [-0.15, -0.1) is 6.58 Å². The van der Waals surface area contributed by atoms with Crippen molar-refractivity contribution in [3.05, 3.63) is 36.7 Å². The van der Waals surface area contributed by atoms with E-state index in [4.69, 9.17) is 5.11 Å². The van der Waals surface area contributed by atoms with Gasteiger partial charge in [-0.25, -0.2) is 9.18 Å². The number of rotatable bonds is 7. The molecule has 0 aliphatic carbocycles. The van der Waals surface area contributed by atoms with E-state index in [1.54, 1.807) is 18.2 Å². The minimum absolute atomic E-state index is 0.145. The molecular weight excluding hydrogens is 285 g/mol. The number of nitrogens with zero attached hydrogens (tertiary/aromatic N) is 2. The molecule has 0 aliphatic rings. The Morgan fingerprint density at radius 2 is 2.18 bits per heavy atom. The van der Waals surface area contributed by atoms with Crippen LogP contribution in [0.25, 0.3) is 0 Å². The topological polar surface area (TPSA) is 55.8 Å². The molecule has 0 unspecified atom stereocenters. The van der Waals surface area contributed by atoms with Gasteiger partial charge in [-0.3, -0.25) is 0 Å². The Kier molecular flexibility index (Phi) is 6.85. The number of urea groups is 1. The zero-order valence-corrected chi connectivity index (χ0v) is 13.3. The van der Waals surface area contributed by atoms with Crippen molar-refractivity contribution in [2.24, 2.45) is 0 Å². The van der Waals surface area contributed by atoms with Gasteiger partial charge in [0, 0.05) is 31.9 Å². The summed E-state index contributed by atoms with van der Waals surface area (Å²) in [5.74, 6) is -0.397. The van der Waals surface area contributed by atoms with Crippen LogP contribution in [-0.2, 0) is 0 Å². The summed E-state index contributed by atoms with van der Waals surface area (Å²) >= 11 is 0.